The molecule has 21 heavy (non-hydrogen) atoms. The molecule has 0 aliphatic rings. The van der Waals surface area contributed by atoms with Crippen LogP contribution in [0.15, 0.2) is 18.2 Å². The van der Waals surface area contributed by atoms with Crippen LogP contribution in [0, 0.1) is 3.57 Å². The molecular formula is C14H17ClINO4. The highest BCUT2D eigenvalue weighted by molar-refractivity contribution is 14.1. The van der Waals surface area contributed by atoms with Gasteiger partial charge in [-0.3, -0.25) is 9.59 Å². The summed E-state index contributed by atoms with van der Waals surface area (Å²) >= 11 is 8.11. The number of esters is 1. The summed E-state index contributed by atoms with van der Waals surface area (Å²) in [5.74, 6) is -0.725. The molecule has 0 aliphatic carbocycles. The second kappa shape index (κ2) is 9.22. The van der Waals surface area contributed by atoms with Crippen LogP contribution in [0.25, 0.3) is 0 Å². The maximum Gasteiger partial charge on any atom is 0.325 e. The molecule has 0 fully saturated rings. The topological polar surface area (TPSA) is 55.8 Å². The number of rotatable bonds is 7. The molecule has 7 heteroatoms. The SMILES string of the molecule is CCOC(=O)CN(CCOC)C(=O)c1ccc(I)c(Cl)c1. The standard InChI is InChI=1S/C14H17ClINO4/c1-3-21-13(18)9-17(6-7-20-2)14(19)10-4-5-12(16)11(15)8-10/h4-5,8H,3,6-7,9H2,1-2H3. The fourth-order valence-electron chi connectivity index (χ4n) is 1.63. The van der Waals surface area contributed by atoms with E-state index in [2.05, 4.69) is 22.6 Å². The molecule has 0 N–H and O–H groups in total. The highest BCUT2D eigenvalue weighted by Gasteiger charge is 2.20. The molecule has 0 spiro atoms. The zero-order chi connectivity index (χ0) is 15.8. The normalized spacial score (nSPS) is 10.3. The van der Waals surface area contributed by atoms with Crippen LogP contribution in [0.1, 0.15) is 17.3 Å². The van der Waals surface area contributed by atoms with Gasteiger partial charge in [0.2, 0.25) is 0 Å². The van der Waals surface area contributed by atoms with Crippen LogP contribution in [-0.2, 0) is 14.3 Å². The van der Waals surface area contributed by atoms with E-state index in [1.807, 2.05) is 0 Å². The van der Waals surface area contributed by atoms with E-state index in [-0.39, 0.29) is 19.1 Å². The molecule has 0 radical (unpaired) electrons. The van der Waals surface area contributed by atoms with Crippen molar-refractivity contribution in [3.05, 3.63) is 32.4 Å². The first kappa shape index (κ1) is 18.2. The van der Waals surface area contributed by atoms with E-state index in [9.17, 15) is 9.59 Å². The van der Waals surface area contributed by atoms with Gasteiger partial charge in [-0.1, -0.05) is 11.6 Å². The van der Waals surface area contributed by atoms with Gasteiger partial charge in [-0.25, -0.2) is 0 Å². The van der Waals surface area contributed by atoms with Crippen molar-refractivity contribution in [2.45, 2.75) is 6.92 Å². The Kier molecular flexibility index (Phi) is 7.98. The summed E-state index contributed by atoms with van der Waals surface area (Å²) in [6, 6.07) is 5.03. The molecule has 0 bridgehead atoms. The Morgan fingerprint density at radius 3 is 2.67 bits per heavy atom. The molecule has 0 atom stereocenters. The summed E-state index contributed by atoms with van der Waals surface area (Å²) < 4.78 is 10.7. The van der Waals surface area contributed by atoms with Gasteiger partial charge in [0.15, 0.2) is 0 Å². The van der Waals surface area contributed by atoms with Crippen molar-refractivity contribution in [2.75, 3.05) is 33.4 Å². The average Bonchev–Trinajstić information content (AvgIpc) is 2.46. The Balaban J connectivity index is 2.87. The first-order valence-corrected chi connectivity index (χ1v) is 7.84. The Hall–Kier alpha value is -0.860. The maximum absolute atomic E-state index is 12.5. The Morgan fingerprint density at radius 1 is 1.38 bits per heavy atom. The number of carbonyl (C=O) groups excluding carboxylic acids is 2. The number of halogens is 2. The summed E-state index contributed by atoms with van der Waals surface area (Å²) in [5, 5.41) is 0.504. The molecule has 1 amide bonds. The number of carbonyl (C=O) groups is 2. The predicted octanol–water partition coefficient (Wildman–Crippen LogP) is 2.60. The lowest BCUT2D eigenvalue weighted by molar-refractivity contribution is -0.143. The van der Waals surface area contributed by atoms with Gasteiger partial charge in [0.05, 0.1) is 18.2 Å². The zero-order valence-electron chi connectivity index (χ0n) is 11.9. The molecule has 0 unspecified atom stereocenters. The Morgan fingerprint density at radius 2 is 2.10 bits per heavy atom. The number of benzene rings is 1. The summed E-state index contributed by atoms with van der Waals surface area (Å²) in [6.45, 7) is 2.53. The fourth-order valence-corrected chi connectivity index (χ4v) is 2.14. The molecule has 0 aromatic heterocycles. The summed E-state index contributed by atoms with van der Waals surface area (Å²) in [6.07, 6.45) is 0. The van der Waals surface area contributed by atoms with Crippen LogP contribution >= 0.6 is 34.2 Å². The van der Waals surface area contributed by atoms with Gasteiger partial charge in [0.25, 0.3) is 5.91 Å². The van der Waals surface area contributed by atoms with Crippen molar-refractivity contribution in [1.29, 1.82) is 0 Å². The van der Waals surface area contributed by atoms with E-state index in [1.165, 1.54) is 12.0 Å². The van der Waals surface area contributed by atoms with Gasteiger partial charge in [0.1, 0.15) is 6.54 Å². The van der Waals surface area contributed by atoms with Crippen molar-refractivity contribution in [1.82, 2.24) is 4.90 Å². The van der Waals surface area contributed by atoms with Gasteiger partial charge >= 0.3 is 5.97 Å². The number of hydrogen-bond donors (Lipinski definition) is 0. The first-order valence-electron chi connectivity index (χ1n) is 6.38. The smallest absolute Gasteiger partial charge is 0.325 e. The van der Waals surface area contributed by atoms with Gasteiger partial charge in [0, 0.05) is 22.8 Å². The second-order valence-corrected chi connectivity index (χ2v) is 5.72. The third kappa shape index (κ3) is 5.80. The summed E-state index contributed by atoms with van der Waals surface area (Å²) in [7, 11) is 1.54. The molecule has 1 aromatic carbocycles. The molecular weight excluding hydrogens is 409 g/mol. The average molecular weight is 426 g/mol. The lowest BCUT2D eigenvalue weighted by Gasteiger charge is -2.21. The number of hydrogen-bond acceptors (Lipinski definition) is 4. The maximum atomic E-state index is 12.5. The monoisotopic (exact) mass is 425 g/mol. The lowest BCUT2D eigenvalue weighted by Crippen LogP contribution is -2.38. The fraction of sp³-hybridized carbons (Fsp3) is 0.429. The van der Waals surface area contributed by atoms with Crippen LogP contribution in [-0.4, -0.2) is 50.2 Å². The summed E-state index contributed by atoms with van der Waals surface area (Å²) in [4.78, 5) is 25.4. The van der Waals surface area contributed by atoms with Crippen molar-refractivity contribution in [2.24, 2.45) is 0 Å². The van der Waals surface area contributed by atoms with Crippen molar-refractivity contribution in [3.8, 4) is 0 Å². The first-order chi connectivity index (χ1) is 9.99. The third-order valence-corrected chi connectivity index (χ3v) is 4.22. The number of methoxy groups -OCH3 is 1. The molecule has 0 saturated carbocycles. The highest BCUT2D eigenvalue weighted by atomic mass is 127. The largest absolute Gasteiger partial charge is 0.465 e. The molecule has 116 valence electrons. The van der Waals surface area contributed by atoms with Crippen LogP contribution in [0.5, 0.6) is 0 Å². The lowest BCUT2D eigenvalue weighted by atomic mass is 10.2. The summed E-state index contributed by atoms with van der Waals surface area (Å²) in [5.41, 5.74) is 0.431. The van der Waals surface area contributed by atoms with E-state index in [0.29, 0.717) is 23.7 Å². The molecule has 0 heterocycles. The zero-order valence-corrected chi connectivity index (χ0v) is 14.8. The van der Waals surface area contributed by atoms with E-state index in [1.54, 1.807) is 25.1 Å². The van der Waals surface area contributed by atoms with Gasteiger partial charge in [-0.2, -0.15) is 0 Å². The van der Waals surface area contributed by atoms with E-state index in [4.69, 9.17) is 21.1 Å². The van der Waals surface area contributed by atoms with E-state index < -0.39 is 5.97 Å². The molecule has 1 aromatic rings. The minimum Gasteiger partial charge on any atom is -0.465 e. The number of ether oxygens (including phenoxy) is 2. The van der Waals surface area contributed by atoms with Crippen LogP contribution < -0.4 is 0 Å². The highest BCUT2D eigenvalue weighted by Crippen LogP contribution is 2.20. The van der Waals surface area contributed by atoms with Crippen molar-refractivity contribution < 1.29 is 19.1 Å². The number of nitrogens with zero attached hydrogens (tertiary/aromatic N) is 1. The van der Waals surface area contributed by atoms with E-state index in [0.717, 1.165) is 3.57 Å². The van der Waals surface area contributed by atoms with Crippen LogP contribution in [0.4, 0.5) is 0 Å². The van der Waals surface area contributed by atoms with Crippen LogP contribution in [0.2, 0.25) is 5.02 Å². The molecule has 0 saturated heterocycles. The minimum atomic E-state index is -0.446. The predicted molar refractivity (Wildman–Crippen MR) is 88.6 cm³/mol. The molecule has 0 aliphatic heterocycles. The molecule has 1 rings (SSSR count). The quantitative estimate of drug-likeness (QED) is 0.498. The van der Waals surface area contributed by atoms with Gasteiger partial charge in [-0.15, -0.1) is 0 Å². The van der Waals surface area contributed by atoms with E-state index >= 15 is 0 Å². The Bertz CT molecular complexity index is 510. The van der Waals surface area contributed by atoms with Crippen LogP contribution in [0.3, 0.4) is 0 Å². The van der Waals surface area contributed by atoms with Gasteiger partial charge in [-0.05, 0) is 47.7 Å². The second-order valence-electron chi connectivity index (χ2n) is 4.15. The van der Waals surface area contributed by atoms with Crippen molar-refractivity contribution >= 4 is 46.1 Å². The third-order valence-electron chi connectivity index (χ3n) is 2.64. The number of amides is 1. The molecule has 5 nitrogen and oxygen atoms in total. The Labute approximate surface area is 142 Å². The van der Waals surface area contributed by atoms with Gasteiger partial charge < -0.3 is 14.4 Å². The minimum absolute atomic E-state index is 0.111. The van der Waals surface area contributed by atoms with Crippen molar-refractivity contribution in [3.63, 3.8) is 0 Å².